The largest absolute Gasteiger partial charge is 0.389 e. The summed E-state index contributed by atoms with van der Waals surface area (Å²) in [5.41, 5.74) is 1.21. The summed E-state index contributed by atoms with van der Waals surface area (Å²) in [7, 11) is 0. The predicted molar refractivity (Wildman–Crippen MR) is 81.1 cm³/mol. The van der Waals surface area contributed by atoms with Crippen molar-refractivity contribution >= 4 is 10.9 Å². The Hall–Kier alpha value is -1.40. The van der Waals surface area contributed by atoms with Gasteiger partial charge < -0.3 is 25.3 Å². The Bertz CT molecular complexity index is 606. The average molecular weight is 290 g/mol. The third-order valence-corrected chi connectivity index (χ3v) is 4.29. The Balaban J connectivity index is 1.72. The minimum atomic E-state index is -1.09. The predicted octanol–water partition coefficient (Wildman–Crippen LogP) is 1.33. The molecule has 0 saturated carbocycles. The highest BCUT2D eigenvalue weighted by Crippen LogP contribution is 2.26. The molecule has 1 aliphatic rings. The van der Waals surface area contributed by atoms with E-state index in [9.17, 15) is 10.2 Å². The van der Waals surface area contributed by atoms with Crippen molar-refractivity contribution < 1.29 is 14.9 Å². The molecule has 5 nitrogen and oxygen atoms in total. The molecule has 2 aromatic rings. The van der Waals surface area contributed by atoms with Gasteiger partial charge in [0, 0.05) is 18.8 Å². The third-order valence-electron chi connectivity index (χ3n) is 4.29. The summed E-state index contributed by atoms with van der Waals surface area (Å²) in [6.07, 6.45) is 2.02. The molecule has 1 aromatic carbocycles. The first kappa shape index (κ1) is 14.5. The van der Waals surface area contributed by atoms with Gasteiger partial charge in [-0.15, -0.1) is 0 Å². The van der Waals surface area contributed by atoms with Gasteiger partial charge in [-0.1, -0.05) is 25.1 Å². The molecular formula is C16H22N2O3. The molecule has 0 radical (unpaired) electrons. The molecular weight excluding hydrogens is 268 g/mol. The summed E-state index contributed by atoms with van der Waals surface area (Å²) in [4.78, 5) is 3.27. The fourth-order valence-corrected chi connectivity index (χ4v) is 2.82. The van der Waals surface area contributed by atoms with Gasteiger partial charge in [-0.05, 0) is 23.4 Å². The number of para-hydroxylation sites is 1. The molecule has 1 fully saturated rings. The lowest BCUT2D eigenvalue weighted by Gasteiger charge is -2.40. The number of H-pyrrole nitrogens is 1. The summed E-state index contributed by atoms with van der Waals surface area (Å²) in [6, 6.07) is 8.39. The number of rotatable bonds is 6. The number of aromatic amines is 1. The fourth-order valence-electron chi connectivity index (χ4n) is 2.82. The van der Waals surface area contributed by atoms with Crippen molar-refractivity contribution in [3.05, 3.63) is 36.0 Å². The second-order valence-electron chi connectivity index (χ2n) is 5.77. The van der Waals surface area contributed by atoms with E-state index in [2.05, 4.69) is 35.4 Å². The first-order valence-electron chi connectivity index (χ1n) is 7.41. The van der Waals surface area contributed by atoms with E-state index in [1.165, 1.54) is 10.9 Å². The van der Waals surface area contributed by atoms with Gasteiger partial charge in [0.15, 0.2) is 0 Å². The van der Waals surface area contributed by atoms with Gasteiger partial charge in [0.1, 0.15) is 5.60 Å². The molecule has 5 heteroatoms. The number of hydrogen-bond donors (Lipinski definition) is 4. The minimum Gasteiger partial charge on any atom is -0.389 e. The van der Waals surface area contributed by atoms with E-state index in [-0.39, 0.29) is 19.3 Å². The first-order valence-corrected chi connectivity index (χ1v) is 7.41. The van der Waals surface area contributed by atoms with Crippen LogP contribution in [0.1, 0.15) is 24.9 Å². The summed E-state index contributed by atoms with van der Waals surface area (Å²) in [5.74, 6) is 0. The van der Waals surface area contributed by atoms with Crippen molar-refractivity contribution in [3.63, 3.8) is 0 Å². The van der Waals surface area contributed by atoms with Gasteiger partial charge in [-0.25, -0.2) is 0 Å². The Kier molecular flexibility index (Phi) is 3.99. The zero-order valence-corrected chi connectivity index (χ0v) is 12.2. The highest BCUT2D eigenvalue weighted by molar-refractivity contribution is 5.82. The second-order valence-corrected chi connectivity index (χ2v) is 5.77. The van der Waals surface area contributed by atoms with Gasteiger partial charge in [0.05, 0.1) is 24.8 Å². The van der Waals surface area contributed by atoms with Gasteiger partial charge >= 0.3 is 0 Å². The van der Waals surface area contributed by atoms with Crippen LogP contribution in [0, 0.1) is 0 Å². The van der Waals surface area contributed by atoms with Crippen molar-refractivity contribution in [1.82, 2.24) is 10.3 Å². The lowest BCUT2D eigenvalue weighted by molar-refractivity contribution is -0.224. The minimum absolute atomic E-state index is 0.131. The molecule has 4 N–H and O–H groups in total. The molecule has 3 rings (SSSR count). The van der Waals surface area contributed by atoms with Crippen LogP contribution >= 0.6 is 0 Å². The van der Waals surface area contributed by atoms with Gasteiger partial charge in [-0.2, -0.15) is 0 Å². The van der Waals surface area contributed by atoms with Crippen LogP contribution < -0.4 is 5.32 Å². The number of ether oxygens (including phenoxy) is 1. The number of aromatic nitrogens is 1. The van der Waals surface area contributed by atoms with Gasteiger partial charge in [0.2, 0.25) is 0 Å². The van der Waals surface area contributed by atoms with Crippen LogP contribution in [-0.2, 0) is 4.74 Å². The number of nitrogens with one attached hydrogen (secondary N) is 2. The second kappa shape index (κ2) is 5.77. The summed E-state index contributed by atoms with van der Waals surface area (Å²) >= 11 is 0. The Labute approximate surface area is 123 Å². The van der Waals surface area contributed by atoms with E-state index < -0.39 is 11.7 Å². The molecule has 0 spiro atoms. The molecule has 0 amide bonds. The van der Waals surface area contributed by atoms with Crippen molar-refractivity contribution in [2.75, 3.05) is 19.8 Å². The normalized spacial score (nSPS) is 20.1. The smallest absolute Gasteiger partial charge is 0.138 e. The van der Waals surface area contributed by atoms with Crippen molar-refractivity contribution in [1.29, 1.82) is 0 Å². The van der Waals surface area contributed by atoms with Crippen LogP contribution in [0.25, 0.3) is 10.9 Å². The van der Waals surface area contributed by atoms with Crippen molar-refractivity contribution in [3.8, 4) is 0 Å². The molecule has 1 aromatic heterocycles. The summed E-state index contributed by atoms with van der Waals surface area (Å²) in [6.45, 7) is 2.86. The summed E-state index contributed by atoms with van der Waals surface area (Å²) < 4.78 is 4.98. The van der Waals surface area contributed by atoms with E-state index >= 15 is 0 Å². The van der Waals surface area contributed by atoms with E-state index in [0.29, 0.717) is 6.54 Å². The first-order chi connectivity index (χ1) is 10.1. The van der Waals surface area contributed by atoms with Gasteiger partial charge in [-0.3, -0.25) is 0 Å². The third kappa shape index (κ3) is 2.70. The average Bonchev–Trinajstić information content (AvgIpc) is 2.94. The molecule has 0 bridgehead atoms. The number of aliphatic hydroxyl groups is 2. The summed E-state index contributed by atoms with van der Waals surface area (Å²) in [5, 5.41) is 24.7. The SMILES string of the molecule is CCC(NCC(O)C1(O)COC1)c1cccc2cc[nH]c12. The molecule has 2 unspecified atom stereocenters. The monoisotopic (exact) mass is 290 g/mol. The molecule has 0 aliphatic carbocycles. The molecule has 1 saturated heterocycles. The topological polar surface area (TPSA) is 77.5 Å². The standard InChI is InChI=1S/C16H22N2O3/c1-2-13(18-8-14(19)16(20)9-21-10-16)12-5-3-4-11-6-7-17-15(11)12/h3-7,13-14,17-20H,2,8-10H2,1H3. The zero-order valence-electron chi connectivity index (χ0n) is 12.2. The van der Waals surface area contributed by atoms with Crippen LogP contribution in [-0.4, -0.2) is 46.7 Å². The maximum Gasteiger partial charge on any atom is 0.138 e. The molecule has 1 aliphatic heterocycles. The maximum atomic E-state index is 10.1. The van der Waals surface area contributed by atoms with Crippen LogP contribution in [0.4, 0.5) is 0 Å². The fraction of sp³-hybridized carbons (Fsp3) is 0.500. The number of fused-ring (bicyclic) bond motifs is 1. The van der Waals surface area contributed by atoms with Crippen molar-refractivity contribution in [2.24, 2.45) is 0 Å². The van der Waals surface area contributed by atoms with Gasteiger partial charge in [0.25, 0.3) is 0 Å². The van der Waals surface area contributed by atoms with Crippen LogP contribution in [0.3, 0.4) is 0 Å². The highest BCUT2D eigenvalue weighted by atomic mass is 16.5. The van der Waals surface area contributed by atoms with E-state index in [1.54, 1.807) is 0 Å². The Morgan fingerprint density at radius 2 is 2.19 bits per heavy atom. The molecule has 21 heavy (non-hydrogen) atoms. The molecule has 2 atom stereocenters. The molecule has 114 valence electrons. The quantitative estimate of drug-likeness (QED) is 0.647. The van der Waals surface area contributed by atoms with Crippen LogP contribution in [0.5, 0.6) is 0 Å². The Morgan fingerprint density at radius 1 is 1.38 bits per heavy atom. The molecule has 2 heterocycles. The lowest BCUT2D eigenvalue weighted by Crippen LogP contribution is -2.60. The zero-order chi connectivity index (χ0) is 14.9. The lowest BCUT2D eigenvalue weighted by atomic mass is 9.94. The number of aliphatic hydroxyl groups excluding tert-OH is 1. The van der Waals surface area contributed by atoms with E-state index in [0.717, 1.165) is 11.9 Å². The van der Waals surface area contributed by atoms with Crippen molar-refractivity contribution in [2.45, 2.75) is 31.1 Å². The van der Waals surface area contributed by atoms with Crippen LogP contribution in [0.15, 0.2) is 30.5 Å². The highest BCUT2D eigenvalue weighted by Gasteiger charge is 2.43. The van der Waals surface area contributed by atoms with E-state index in [4.69, 9.17) is 4.74 Å². The number of benzene rings is 1. The van der Waals surface area contributed by atoms with Crippen LogP contribution in [0.2, 0.25) is 0 Å². The number of hydrogen-bond acceptors (Lipinski definition) is 4. The Morgan fingerprint density at radius 3 is 2.86 bits per heavy atom. The van der Waals surface area contributed by atoms with E-state index in [1.807, 2.05) is 12.3 Å². The maximum absolute atomic E-state index is 10.1.